The number of rotatable bonds is 6. The summed E-state index contributed by atoms with van der Waals surface area (Å²) in [7, 11) is 0. The van der Waals surface area contributed by atoms with Gasteiger partial charge in [0.2, 0.25) is 11.8 Å². The standard InChI is InChI=1S/C20H21FN2O2/c1-14(17-9-11-18(21)12-10-17)23-20(25)15(2)22-19(24)13-8-16-6-4-3-5-7-16/h3-15H,1-2H3,(H,22,24)(H,23,25)/b13-8+. The van der Waals surface area contributed by atoms with Crippen molar-refractivity contribution in [2.24, 2.45) is 0 Å². The molecule has 0 aliphatic carbocycles. The van der Waals surface area contributed by atoms with Crippen LogP contribution in [0.15, 0.2) is 60.7 Å². The molecule has 5 heteroatoms. The molecule has 25 heavy (non-hydrogen) atoms. The number of hydrogen-bond donors (Lipinski definition) is 2. The summed E-state index contributed by atoms with van der Waals surface area (Å²) < 4.78 is 12.9. The average Bonchev–Trinajstić information content (AvgIpc) is 2.61. The molecule has 2 aromatic carbocycles. The first-order valence-electron chi connectivity index (χ1n) is 8.05. The molecule has 0 aromatic heterocycles. The highest BCUT2D eigenvalue weighted by Crippen LogP contribution is 2.12. The summed E-state index contributed by atoms with van der Waals surface area (Å²) in [5, 5.41) is 5.41. The Kier molecular flexibility index (Phi) is 6.46. The van der Waals surface area contributed by atoms with E-state index in [9.17, 15) is 14.0 Å². The van der Waals surface area contributed by atoms with Gasteiger partial charge in [0, 0.05) is 6.08 Å². The second-order valence-electron chi connectivity index (χ2n) is 5.76. The molecule has 0 saturated heterocycles. The summed E-state index contributed by atoms with van der Waals surface area (Å²) in [5.41, 5.74) is 1.69. The van der Waals surface area contributed by atoms with Crippen LogP contribution in [0.2, 0.25) is 0 Å². The van der Waals surface area contributed by atoms with Crippen LogP contribution in [0.4, 0.5) is 4.39 Å². The summed E-state index contributed by atoms with van der Waals surface area (Å²) in [5.74, 6) is -0.979. The molecule has 0 heterocycles. The van der Waals surface area contributed by atoms with Crippen LogP contribution >= 0.6 is 0 Å². The molecule has 2 amide bonds. The van der Waals surface area contributed by atoms with Gasteiger partial charge in [-0.1, -0.05) is 42.5 Å². The Bertz CT molecular complexity index is 742. The van der Waals surface area contributed by atoms with Gasteiger partial charge >= 0.3 is 0 Å². The number of nitrogens with one attached hydrogen (secondary N) is 2. The summed E-state index contributed by atoms with van der Waals surface area (Å²) in [6.07, 6.45) is 3.07. The number of carbonyl (C=O) groups is 2. The Morgan fingerprint density at radius 1 is 0.960 bits per heavy atom. The minimum atomic E-state index is -0.684. The lowest BCUT2D eigenvalue weighted by Gasteiger charge is -2.18. The lowest BCUT2D eigenvalue weighted by Crippen LogP contribution is -2.45. The van der Waals surface area contributed by atoms with E-state index >= 15 is 0 Å². The van der Waals surface area contributed by atoms with Gasteiger partial charge in [0.15, 0.2) is 0 Å². The maximum atomic E-state index is 12.9. The second kappa shape index (κ2) is 8.78. The van der Waals surface area contributed by atoms with Gasteiger partial charge in [0.05, 0.1) is 6.04 Å². The fourth-order valence-electron chi connectivity index (χ4n) is 2.24. The van der Waals surface area contributed by atoms with Gasteiger partial charge in [0.25, 0.3) is 0 Å². The molecule has 2 atom stereocenters. The molecule has 0 fully saturated rings. The summed E-state index contributed by atoms with van der Waals surface area (Å²) in [6.45, 7) is 3.41. The van der Waals surface area contributed by atoms with E-state index in [0.29, 0.717) is 0 Å². The number of amides is 2. The zero-order valence-corrected chi connectivity index (χ0v) is 14.2. The fourth-order valence-corrected chi connectivity index (χ4v) is 2.24. The van der Waals surface area contributed by atoms with Crippen molar-refractivity contribution < 1.29 is 14.0 Å². The van der Waals surface area contributed by atoms with E-state index in [1.165, 1.54) is 18.2 Å². The maximum Gasteiger partial charge on any atom is 0.244 e. The smallest absolute Gasteiger partial charge is 0.244 e. The Morgan fingerprint density at radius 2 is 1.60 bits per heavy atom. The van der Waals surface area contributed by atoms with E-state index in [2.05, 4.69) is 10.6 Å². The highest BCUT2D eigenvalue weighted by Gasteiger charge is 2.17. The third-order valence-electron chi connectivity index (χ3n) is 3.71. The zero-order chi connectivity index (χ0) is 18.2. The predicted molar refractivity (Wildman–Crippen MR) is 96.0 cm³/mol. The molecule has 2 N–H and O–H groups in total. The van der Waals surface area contributed by atoms with Gasteiger partial charge in [-0.25, -0.2) is 4.39 Å². The van der Waals surface area contributed by atoms with Crippen LogP contribution in [0.1, 0.15) is 31.0 Å². The Balaban J connectivity index is 1.86. The van der Waals surface area contributed by atoms with E-state index in [1.807, 2.05) is 30.3 Å². The molecule has 0 bridgehead atoms. The number of carbonyl (C=O) groups excluding carboxylic acids is 2. The number of hydrogen-bond acceptors (Lipinski definition) is 2. The van der Waals surface area contributed by atoms with Gasteiger partial charge in [-0.2, -0.15) is 0 Å². The molecule has 0 aliphatic heterocycles. The van der Waals surface area contributed by atoms with Crippen LogP contribution in [-0.4, -0.2) is 17.9 Å². The summed E-state index contributed by atoms with van der Waals surface area (Å²) >= 11 is 0. The minimum Gasteiger partial charge on any atom is -0.348 e. The fraction of sp³-hybridized carbons (Fsp3) is 0.200. The summed E-state index contributed by atoms with van der Waals surface area (Å²) in [4.78, 5) is 24.1. The molecule has 2 rings (SSSR count). The molecule has 0 aliphatic rings. The van der Waals surface area contributed by atoms with Gasteiger partial charge in [-0.15, -0.1) is 0 Å². The van der Waals surface area contributed by atoms with Gasteiger partial charge in [0.1, 0.15) is 11.9 Å². The SMILES string of the molecule is CC(NC(=O)/C=C/c1ccccc1)C(=O)NC(C)c1ccc(F)cc1. The molecule has 0 radical (unpaired) electrons. The molecule has 130 valence electrons. The first kappa shape index (κ1) is 18.4. The van der Waals surface area contributed by atoms with Crippen LogP contribution in [-0.2, 0) is 9.59 Å². The molecule has 0 saturated carbocycles. The van der Waals surface area contributed by atoms with E-state index < -0.39 is 6.04 Å². The summed E-state index contributed by atoms with van der Waals surface area (Å²) in [6, 6.07) is 14.4. The topological polar surface area (TPSA) is 58.2 Å². The van der Waals surface area contributed by atoms with Crippen molar-refractivity contribution in [3.63, 3.8) is 0 Å². The van der Waals surface area contributed by atoms with Crippen molar-refractivity contribution in [2.45, 2.75) is 25.9 Å². The third kappa shape index (κ3) is 5.88. The van der Waals surface area contributed by atoms with E-state index in [0.717, 1.165) is 11.1 Å². The van der Waals surface area contributed by atoms with Crippen LogP contribution < -0.4 is 10.6 Å². The van der Waals surface area contributed by atoms with Gasteiger partial charge in [-0.3, -0.25) is 9.59 Å². The molecular weight excluding hydrogens is 319 g/mol. The molecule has 2 unspecified atom stereocenters. The highest BCUT2D eigenvalue weighted by molar-refractivity contribution is 5.95. The van der Waals surface area contributed by atoms with Crippen molar-refractivity contribution in [3.05, 3.63) is 77.6 Å². The first-order chi connectivity index (χ1) is 12.0. The molecule has 0 spiro atoms. The van der Waals surface area contributed by atoms with Crippen molar-refractivity contribution in [2.75, 3.05) is 0 Å². The van der Waals surface area contributed by atoms with Crippen molar-refractivity contribution in [1.82, 2.24) is 10.6 Å². The lowest BCUT2D eigenvalue weighted by atomic mass is 10.1. The van der Waals surface area contributed by atoms with Gasteiger partial charge < -0.3 is 10.6 Å². The van der Waals surface area contributed by atoms with Gasteiger partial charge in [-0.05, 0) is 43.2 Å². The largest absolute Gasteiger partial charge is 0.348 e. The Labute approximate surface area is 146 Å². The van der Waals surface area contributed by atoms with E-state index in [4.69, 9.17) is 0 Å². The van der Waals surface area contributed by atoms with E-state index in [1.54, 1.807) is 32.1 Å². The van der Waals surface area contributed by atoms with Crippen LogP contribution in [0.25, 0.3) is 6.08 Å². The predicted octanol–water partition coefficient (Wildman–Crippen LogP) is 3.22. The normalized spacial score (nSPS) is 13.2. The van der Waals surface area contributed by atoms with Crippen molar-refractivity contribution >= 4 is 17.9 Å². The monoisotopic (exact) mass is 340 g/mol. The van der Waals surface area contributed by atoms with Crippen molar-refractivity contribution in [3.8, 4) is 0 Å². The van der Waals surface area contributed by atoms with Crippen LogP contribution in [0.5, 0.6) is 0 Å². The quantitative estimate of drug-likeness (QED) is 0.793. The first-order valence-corrected chi connectivity index (χ1v) is 8.05. The maximum absolute atomic E-state index is 12.9. The molecular formula is C20H21FN2O2. The Hall–Kier alpha value is -2.95. The van der Waals surface area contributed by atoms with Crippen LogP contribution in [0, 0.1) is 5.82 Å². The van der Waals surface area contributed by atoms with E-state index in [-0.39, 0.29) is 23.7 Å². The number of benzene rings is 2. The highest BCUT2D eigenvalue weighted by atomic mass is 19.1. The average molecular weight is 340 g/mol. The zero-order valence-electron chi connectivity index (χ0n) is 14.2. The minimum absolute atomic E-state index is 0.285. The number of halogens is 1. The third-order valence-corrected chi connectivity index (χ3v) is 3.71. The van der Waals surface area contributed by atoms with Crippen molar-refractivity contribution in [1.29, 1.82) is 0 Å². The Morgan fingerprint density at radius 3 is 2.24 bits per heavy atom. The molecule has 2 aromatic rings. The second-order valence-corrected chi connectivity index (χ2v) is 5.76. The molecule has 4 nitrogen and oxygen atoms in total. The van der Waals surface area contributed by atoms with Crippen LogP contribution in [0.3, 0.4) is 0 Å². The lowest BCUT2D eigenvalue weighted by molar-refractivity contribution is -0.127.